The van der Waals surface area contributed by atoms with Crippen molar-refractivity contribution >= 4 is 0 Å². The predicted molar refractivity (Wildman–Crippen MR) is 78.1 cm³/mol. The Morgan fingerprint density at radius 2 is 1.45 bits per heavy atom. The Kier molecular flexibility index (Phi) is 3.35. The van der Waals surface area contributed by atoms with Gasteiger partial charge in [-0.1, -0.05) is 42.8 Å². The van der Waals surface area contributed by atoms with Crippen LogP contribution in [0.25, 0.3) is 0 Å². The summed E-state index contributed by atoms with van der Waals surface area (Å²) in [6.07, 6.45) is 3.86. The standard InChI is InChI=1S/C18H19FO/c1-18(20,16-9-11-17(19)12-10-16)15-7-5-14(6-8-15)13-3-2-4-13/h5-13,20H,2-4H2,1H3. The molecule has 0 heterocycles. The average molecular weight is 270 g/mol. The van der Waals surface area contributed by atoms with Gasteiger partial charge in [-0.3, -0.25) is 0 Å². The molecule has 0 amide bonds. The van der Waals surface area contributed by atoms with Crippen molar-refractivity contribution in [3.05, 3.63) is 71.0 Å². The SMILES string of the molecule is CC(O)(c1ccc(F)cc1)c1ccc(C2CCC2)cc1. The van der Waals surface area contributed by atoms with Crippen LogP contribution in [0.3, 0.4) is 0 Å². The Morgan fingerprint density at radius 1 is 0.950 bits per heavy atom. The van der Waals surface area contributed by atoms with Gasteiger partial charge in [0.1, 0.15) is 11.4 Å². The van der Waals surface area contributed by atoms with Gasteiger partial charge in [-0.2, -0.15) is 0 Å². The number of hydrogen-bond donors (Lipinski definition) is 1. The van der Waals surface area contributed by atoms with Gasteiger partial charge in [-0.25, -0.2) is 4.39 Å². The van der Waals surface area contributed by atoms with Crippen LogP contribution in [-0.2, 0) is 5.60 Å². The number of aliphatic hydroxyl groups is 1. The lowest BCUT2D eigenvalue weighted by Gasteiger charge is -2.28. The van der Waals surface area contributed by atoms with Crippen LogP contribution in [-0.4, -0.2) is 5.11 Å². The average Bonchev–Trinajstić information content (AvgIpc) is 2.38. The van der Waals surface area contributed by atoms with E-state index in [2.05, 4.69) is 12.1 Å². The molecule has 2 aromatic rings. The fourth-order valence-corrected chi connectivity index (χ4v) is 2.76. The third-order valence-corrected chi connectivity index (χ3v) is 4.46. The zero-order valence-electron chi connectivity index (χ0n) is 11.6. The number of rotatable bonds is 3. The van der Waals surface area contributed by atoms with Crippen molar-refractivity contribution < 1.29 is 9.50 Å². The summed E-state index contributed by atoms with van der Waals surface area (Å²) < 4.78 is 13.0. The second kappa shape index (κ2) is 5.02. The first kappa shape index (κ1) is 13.3. The van der Waals surface area contributed by atoms with Crippen molar-refractivity contribution in [3.63, 3.8) is 0 Å². The van der Waals surface area contributed by atoms with Crippen molar-refractivity contribution in [2.75, 3.05) is 0 Å². The minimum absolute atomic E-state index is 0.287. The van der Waals surface area contributed by atoms with Gasteiger partial charge < -0.3 is 5.11 Å². The summed E-state index contributed by atoms with van der Waals surface area (Å²) >= 11 is 0. The summed E-state index contributed by atoms with van der Waals surface area (Å²) in [5.41, 5.74) is 1.81. The van der Waals surface area contributed by atoms with Gasteiger partial charge >= 0.3 is 0 Å². The van der Waals surface area contributed by atoms with E-state index in [1.807, 2.05) is 12.1 Å². The lowest BCUT2D eigenvalue weighted by atomic mass is 9.79. The van der Waals surface area contributed by atoms with Gasteiger partial charge in [0.05, 0.1) is 0 Å². The predicted octanol–water partition coefficient (Wildman–Crippen LogP) is 4.35. The summed E-state index contributed by atoms with van der Waals surface area (Å²) in [5.74, 6) is 0.407. The van der Waals surface area contributed by atoms with Crippen LogP contribution in [0.5, 0.6) is 0 Å². The molecule has 1 N–H and O–H groups in total. The highest BCUT2D eigenvalue weighted by atomic mass is 19.1. The van der Waals surface area contributed by atoms with Crippen LogP contribution < -0.4 is 0 Å². The quantitative estimate of drug-likeness (QED) is 0.879. The van der Waals surface area contributed by atoms with Gasteiger partial charge in [0.2, 0.25) is 0 Å². The first-order chi connectivity index (χ1) is 9.57. The Labute approximate surface area is 119 Å². The van der Waals surface area contributed by atoms with Crippen molar-refractivity contribution in [1.82, 2.24) is 0 Å². The maximum atomic E-state index is 13.0. The molecular weight excluding hydrogens is 251 g/mol. The fraction of sp³-hybridized carbons (Fsp3) is 0.333. The summed E-state index contributed by atoms with van der Waals surface area (Å²) in [4.78, 5) is 0. The molecule has 1 atom stereocenters. The van der Waals surface area contributed by atoms with Crippen molar-refractivity contribution in [1.29, 1.82) is 0 Å². The van der Waals surface area contributed by atoms with E-state index < -0.39 is 5.60 Å². The first-order valence-electron chi connectivity index (χ1n) is 7.16. The van der Waals surface area contributed by atoms with E-state index in [1.54, 1.807) is 19.1 Å². The Balaban J connectivity index is 1.88. The van der Waals surface area contributed by atoms with Gasteiger partial charge in [0.25, 0.3) is 0 Å². The molecular formula is C18H19FO. The molecule has 2 aromatic carbocycles. The van der Waals surface area contributed by atoms with Gasteiger partial charge in [-0.05, 0) is 54.5 Å². The molecule has 0 spiro atoms. The molecule has 0 radical (unpaired) electrons. The maximum absolute atomic E-state index is 13.0. The summed E-state index contributed by atoms with van der Waals surface area (Å²) in [6, 6.07) is 14.2. The second-order valence-corrected chi connectivity index (χ2v) is 5.83. The number of halogens is 1. The third-order valence-electron chi connectivity index (χ3n) is 4.46. The monoisotopic (exact) mass is 270 g/mol. The van der Waals surface area contributed by atoms with E-state index in [0.29, 0.717) is 11.5 Å². The highest BCUT2D eigenvalue weighted by Gasteiger charge is 2.26. The molecule has 1 saturated carbocycles. The molecule has 1 nitrogen and oxygen atoms in total. The van der Waals surface area contributed by atoms with E-state index in [0.717, 1.165) is 5.56 Å². The van der Waals surface area contributed by atoms with Gasteiger partial charge in [-0.15, -0.1) is 0 Å². The molecule has 0 aliphatic heterocycles. The molecule has 1 aliphatic rings. The molecule has 0 bridgehead atoms. The van der Waals surface area contributed by atoms with E-state index in [-0.39, 0.29) is 5.82 Å². The van der Waals surface area contributed by atoms with Crippen LogP contribution in [0.15, 0.2) is 48.5 Å². The van der Waals surface area contributed by atoms with Crippen LogP contribution in [0.2, 0.25) is 0 Å². The third kappa shape index (κ3) is 2.36. The van der Waals surface area contributed by atoms with Crippen molar-refractivity contribution in [3.8, 4) is 0 Å². The van der Waals surface area contributed by atoms with Gasteiger partial charge in [0, 0.05) is 0 Å². The topological polar surface area (TPSA) is 20.2 Å². The lowest BCUT2D eigenvalue weighted by molar-refractivity contribution is 0.102. The highest BCUT2D eigenvalue weighted by Crippen LogP contribution is 2.37. The van der Waals surface area contributed by atoms with E-state index in [1.165, 1.54) is 37.0 Å². The summed E-state index contributed by atoms with van der Waals surface area (Å²) in [6.45, 7) is 1.75. The summed E-state index contributed by atoms with van der Waals surface area (Å²) in [7, 11) is 0. The molecule has 1 fully saturated rings. The van der Waals surface area contributed by atoms with E-state index in [4.69, 9.17) is 0 Å². The van der Waals surface area contributed by atoms with E-state index in [9.17, 15) is 9.50 Å². The largest absolute Gasteiger partial charge is 0.381 e. The van der Waals surface area contributed by atoms with Crippen LogP contribution in [0, 0.1) is 5.82 Å². The lowest BCUT2D eigenvalue weighted by Crippen LogP contribution is -2.22. The zero-order valence-corrected chi connectivity index (χ0v) is 11.6. The maximum Gasteiger partial charge on any atom is 0.123 e. The first-order valence-corrected chi connectivity index (χ1v) is 7.16. The van der Waals surface area contributed by atoms with Gasteiger partial charge in [0.15, 0.2) is 0 Å². The molecule has 2 heteroatoms. The van der Waals surface area contributed by atoms with Crippen LogP contribution >= 0.6 is 0 Å². The van der Waals surface area contributed by atoms with Crippen molar-refractivity contribution in [2.45, 2.75) is 37.7 Å². The van der Waals surface area contributed by atoms with Crippen molar-refractivity contribution in [2.24, 2.45) is 0 Å². The smallest absolute Gasteiger partial charge is 0.123 e. The van der Waals surface area contributed by atoms with Crippen LogP contribution in [0.1, 0.15) is 48.8 Å². The number of benzene rings is 2. The molecule has 20 heavy (non-hydrogen) atoms. The fourth-order valence-electron chi connectivity index (χ4n) is 2.76. The molecule has 104 valence electrons. The second-order valence-electron chi connectivity index (χ2n) is 5.83. The minimum Gasteiger partial charge on any atom is -0.381 e. The normalized spacial score (nSPS) is 18.4. The molecule has 0 aromatic heterocycles. The Bertz CT molecular complexity index is 580. The zero-order chi connectivity index (χ0) is 14.2. The molecule has 0 saturated heterocycles. The molecule has 1 aliphatic carbocycles. The Hall–Kier alpha value is -1.67. The molecule has 3 rings (SSSR count). The molecule has 1 unspecified atom stereocenters. The Morgan fingerprint density at radius 3 is 1.90 bits per heavy atom. The number of hydrogen-bond acceptors (Lipinski definition) is 1. The minimum atomic E-state index is -1.09. The van der Waals surface area contributed by atoms with Crippen LogP contribution in [0.4, 0.5) is 4.39 Å². The summed E-state index contributed by atoms with van der Waals surface area (Å²) in [5, 5.41) is 10.7. The highest BCUT2D eigenvalue weighted by molar-refractivity contribution is 5.37. The van der Waals surface area contributed by atoms with E-state index >= 15 is 0 Å².